The maximum absolute atomic E-state index is 12.5. The molecule has 1 saturated heterocycles. The van der Waals surface area contributed by atoms with Crippen LogP contribution < -0.4 is 0 Å². The molecule has 0 bridgehead atoms. The van der Waals surface area contributed by atoms with Gasteiger partial charge >= 0.3 is 6.09 Å². The van der Waals surface area contributed by atoms with Crippen LogP contribution in [0.1, 0.15) is 40.0 Å². The van der Waals surface area contributed by atoms with E-state index in [0.29, 0.717) is 19.1 Å². The van der Waals surface area contributed by atoms with E-state index < -0.39 is 13.9 Å². The van der Waals surface area contributed by atoms with Gasteiger partial charge in [-0.05, 0) is 59.7 Å². The van der Waals surface area contributed by atoms with Gasteiger partial charge in [0.25, 0.3) is 5.95 Å². The number of nitrogens with zero attached hydrogens (tertiary/aromatic N) is 1. The predicted octanol–water partition coefficient (Wildman–Crippen LogP) is 4.67. The molecule has 24 heavy (non-hydrogen) atoms. The summed E-state index contributed by atoms with van der Waals surface area (Å²) in [5.74, 6) is 0.495. The van der Waals surface area contributed by atoms with Crippen LogP contribution in [0.4, 0.5) is 4.79 Å². The number of amides is 1. The fourth-order valence-corrected chi connectivity index (χ4v) is 3.12. The lowest BCUT2D eigenvalue weighted by Gasteiger charge is -2.35. The van der Waals surface area contributed by atoms with Crippen LogP contribution in [0.15, 0.2) is 24.7 Å². The summed E-state index contributed by atoms with van der Waals surface area (Å²) in [4.78, 5) is 14.3. The average molecular weight is 356 g/mol. The van der Waals surface area contributed by atoms with Gasteiger partial charge in [-0.15, -0.1) is 0 Å². The molecule has 1 aliphatic heterocycles. The van der Waals surface area contributed by atoms with E-state index in [2.05, 4.69) is 26.2 Å². The van der Waals surface area contributed by atoms with Crippen LogP contribution in [0.2, 0.25) is 19.6 Å². The molecule has 0 unspecified atom stereocenters. The van der Waals surface area contributed by atoms with Gasteiger partial charge in [0.2, 0.25) is 8.32 Å². The monoisotopic (exact) mass is 355 g/mol. The fourth-order valence-electron chi connectivity index (χ4n) is 2.39. The molecule has 1 atom stereocenters. The third-order valence-electron chi connectivity index (χ3n) is 3.26. The highest BCUT2D eigenvalue weighted by atomic mass is 28.4. The second-order valence-corrected chi connectivity index (χ2v) is 12.5. The zero-order valence-corrected chi connectivity index (χ0v) is 17.1. The fraction of sp³-hybridized carbons (Fsp3) is 0.722. The van der Waals surface area contributed by atoms with Crippen LogP contribution in [0.5, 0.6) is 0 Å². The molecule has 0 aromatic rings. The zero-order chi connectivity index (χ0) is 18.4. The van der Waals surface area contributed by atoms with E-state index >= 15 is 0 Å². The summed E-state index contributed by atoms with van der Waals surface area (Å²) in [6.45, 7) is 16.7. The first-order chi connectivity index (χ1) is 11.0. The molecule has 0 aromatic carbocycles. The molecule has 1 amide bonds. The van der Waals surface area contributed by atoms with Crippen molar-refractivity contribution < 1.29 is 18.7 Å². The Morgan fingerprint density at radius 3 is 2.50 bits per heavy atom. The predicted molar refractivity (Wildman–Crippen MR) is 99.2 cm³/mol. The SMILES string of the molecule is C=CCO/C(=C\[C@@H]1CCCCN1C(=O)OC(C)(C)C)O[Si](C)(C)C. The third-order valence-corrected chi connectivity index (χ3v) is 4.07. The third kappa shape index (κ3) is 7.90. The van der Waals surface area contributed by atoms with Gasteiger partial charge in [0, 0.05) is 12.6 Å². The molecule has 1 fully saturated rings. The number of piperidine rings is 1. The highest BCUT2D eigenvalue weighted by molar-refractivity contribution is 6.70. The number of hydrogen-bond donors (Lipinski definition) is 0. The van der Waals surface area contributed by atoms with E-state index in [1.165, 1.54) is 0 Å². The van der Waals surface area contributed by atoms with Gasteiger partial charge in [0.05, 0.1) is 6.04 Å². The smallest absolute Gasteiger partial charge is 0.410 e. The average Bonchev–Trinajstić information content (AvgIpc) is 2.41. The van der Waals surface area contributed by atoms with Crippen LogP contribution >= 0.6 is 0 Å². The molecule has 0 N–H and O–H groups in total. The van der Waals surface area contributed by atoms with Crippen molar-refractivity contribution in [3.05, 3.63) is 24.7 Å². The summed E-state index contributed by atoms with van der Waals surface area (Å²) in [6.07, 6.45) is 6.27. The van der Waals surface area contributed by atoms with Crippen molar-refractivity contribution in [1.82, 2.24) is 4.90 Å². The molecule has 6 heteroatoms. The Morgan fingerprint density at radius 2 is 1.96 bits per heavy atom. The Hall–Kier alpha value is -1.43. The van der Waals surface area contributed by atoms with Gasteiger partial charge in [0.1, 0.15) is 12.2 Å². The van der Waals surface area contributed by atoms with E-state index in [-0.39, 0.29) is 12.1 Å². The molecule has 0 aromatic heterocycles. The number of likely N-dealkylation sites (tertiary alicyclic amines) is 1. The van der Waals surface area contributed by atoms with Gasteiger partial charge < -0.3 is 18.8 Å². The number of ether oxygens (including phenoxy) is 2. The maximum Gasteiger partial charge on any atom is 0.410 e. The second-order valence-electron chi connectivity index (χ2n) is 8.04. The van der Waals surface area contributed by atoms with E-state index in [9.17, 15) is 4.79 Å². The number of carbonyl (C=O) groups excluding carboxylic acids is 1. The second kappa shape index (κ2) is 8.60. The van der Waals surface area contributed by atoms with Gasteiger partial charge in [-0.1, -0.05) is 12.7 Å². The number of hydrogen-bond acceptors (Lipinski definition) is 4. The molecule has 1 rings (SSSR count). The summed E-state index contributed by atoms with van der Waals surface area (Å²) < 4.78 is 17.2. The first-order valence-corrected chi connectivity index (χ1v) is 12.1. The largest absolute Gasteiger partial charge is 0.520 e. The van der Waals surface area contributed by atoms with Gasteiger partial charge in [-0.3, -0.25) is 0 Å². The summed E-state index contributed by atoms with van der Waals surface area (Å²) in [7, 11) is -1.80. The van der Waals surface area contributed by atoms with Crippen LogP contribution in [0.25, 0.3) is 0 Å². The topological polar surface area (TPSA) is 48.0 Å². The molecule has 0 radical (unpaired) electrons. The van der Waals surface area contributed by atoms with Gasteiger partial charge in [0.15, 0.2) is 0 Å². The van der Waals surface area contributed by atoms with Crippen molar-refractivity contribution in [3.8, 4) is 0 Å². The van der Waals surface area contributed by atoms with Crippen molar-refractivity contribution in [2.45, 2.75) is 71.3 Å². The first-order valence-electron chi connectivity index (χ1n) is 8.66. The molecular formula is C18H33NO4Si. The van der Waals surface area contributed by atoms with Crippen LogP contribution in [0.3, 0.4) is 0 Å². The minimum absolute atomic E-state index is 0.0650. The molecule has 0 aliphatic carbocycles. The molecule has 1 heterocycles. The lowest BCUT2D eigenvalue weighted by molar-refractivity contribution is 0.0138. The lowest BCUT2D eigenvalue weighted by atomic mass is 10.0. The summed E-state index contributed by atoms with van der Waals surface area (Å²) in [5, 5.41) is 0. The van der Waals surface area contributed by atoms with Gasteiger partial charge in [-0.2, -0.15) is 0 Å². The normalized spacial score (nSPS) is 19.7. The maximum atomic E-state index is 12.5. The van der Waals surface area contributed by atoms with Crippen molar-refractivity contribution in [3.63, 3.8) is 0 Å². The molecule has 5 nitrogen and oxygen atoms in total. The van der Waals surface area contributed by atoms with Crippen LogP contribution in [-0.4, -0.2) is 44.1 Å². The van der Waals surface area contributed by atoms with E-state index in [1.54, 1.807) is 11.0 Å². The lowest BCUT2D eigenvalue weighted by Crippen LogP contribution is -2.45. The molecule has 0 spiro atoms. The number of rotatable bonds is 6. The quantitative estimate of drug-likeness (QED) is 0.394. The minimum Gasteiger partial charge on any atom is -0.520 e. The molecular weight excluding hydrogens is 322 g/mol. The summed E-state index contributed by atoms with van der Waals surface area (Å²) >= 11 is 0. The Kier molecular flexibility index (Phi) is 7.39. The Morgan fingerprint density at radius 1 is 1.29 bits per heavy atom. The van der Waals surface area contributed by atoms with E-state index in [1.807, 2.05) is 26.8 Å². The molecule has 1 aliphatic rings. The summed E-state index contributed by atoms with van der Waals surface area (Å²) in [6, 6.07) is -0.0650. The Labute approximate surface area is 147 Å². The highest BCUT2D eigenvalue weighted by Gasteiger charge is 2.30. The minimum atomic E-state index is -1.80. The molecule has 138 valence electrons. The highest BCUT2D eigenvalue weighted by Crippen LogP contribution is 2.23. The van der Waals surface area contributed by atoms with Crippen LogP contribution in [-0.2, 0) is 13.9 Å². The number of carbonyl (C=O) groups is 1. The standard InChI is InChI=1S/C18H33NO4Si/c1-8-13-21-16(23-24(5,6)7)14-15-11-9-10-12-19(15)17(20)22-18(2,3)4/h8,14-15H,1,9-13H2,2-7H3/b16-14+/t15-/m0/s1. The van der Waals surface area contributed by atoms with Crippen molar-refractivity contribution >= 4 is 14.4 Å². The summed E-state index contributed by atoms with van der Waals surface area (Å²) in [5.41, 5.74) is -0.500. The van der Waals surface area contributed by atoms with Crippen molar-refractivity contribution in [2.24, 2.45) is 0 Å². The first kappa shape index (κ1) is 20.6. The van der Waals surface area contributed by atoms with E-state index in [4.69, 9.17) is 13.9 Å². The van der Waals surface area contributed by atoms with Crippen molar-refractivity contribution in [2.75, 3.05) is 13.2 Å². The van der Waals surface area contributed by atoms with Crippen molar-refractivity contribution in [1.29, 1.82) is 0 Å². The molecule has 0 saturated carbocycles. The van der Waals surface area contributed by atoms with E-state index in [0.717, 1.165) is 19.3 Å². The van der Waals surface area contributed by atoms with Crippen LogP contribution in [0, 0.1) is 0 Å². The van der Waals surface area contributed by atoms with Gasteiger partial charge in [-0.25, -0.2) is 4.79 Å². The Bertz CT molecular complexity index is 463. The Balaban J connectivity index is 2.93. The zero-order valence-electron chi connectivity index (χ0n) is 16.1.